The molecule has 6 rings (SSSR count). The molecule has 2 nitrogen and oxygen atoms in total. The molecule has 0 N–H and O–H groups in total. The van der Waals surface area contributed by atoms with Gasteiger partial charge in [-0.05, 0) is 41.3 Å². The SMILES string of the molecule is Cc1ccc2cccc3c2c1c1c2c(cc[n+]1C)c1cccc(CC(C)(C)C)c1n32. The van der Waals surface area contributed by atoms with E-state index in [0.29, 0.717) is 0 Å². The normalized spacial score (nSPS) is 13.0. The summed E-state index contributed by atoms with van der Waals surface area (Å²) in [5, 5.41) is 6.77. The third-order valence-corrected chi connectivity index (χ3v) is 6.58. The van der Waals surface area contributed by atoms with Crippen LogP contribution < -0.4 is 4.57 Å². The van der Waals surface area contributed by atoms with Crippen LogP contribution >= 0.6 is 0 Å². The van der Waals surface area contributed by atoms with Crippen LogP contribution in [0.2, 0.25) is 0 Å². The Bertz CT molecular complexity index is 1610. The van der Waals surface area contributed by atoms with Gasteiger partial charge >= 0.3 is 0 Å². The Balaban J connectivity index is 2.01. The Hall–Kier alpha value is -3.13. The molecule has 3 heterocycles. The number of hydrogen-bond acceptors (Lipinski definition) is 0. The number of rotatable bonds is 1. The number of aromatic nitrogens is 2. The van der Waals surface area contributed by atoms with Gasteiger partial charge in [-0.1, -0.05) is 63.2 Å². The van der Waals surface area contributed by atoms with Gasteiger partial charge in [0.15, 0.2) is 6.20 Å². The monoisotopic (exact) mass is 391 g/mol. The Morgan fingerprint density at radius 3 is 2.40 bits per heavy atom. The van der Waals surface area contributed by atoms with Gasteiger partial charge < -0.3 is 4.40 Å². The van der Waals surface area contributed by atoms with Crippen LogP contribution in [0.1, 0.15) is 31.9 Å². The summed E-state index contributed by atoms with van der Waals surface area (Å²) in [5.41, 5.74) is 8.34. The highest BCUT2D eigenvalue weighted by Gasteiger charge is 2.25. The Morgan fingerprint density at radius 1 is 0.833 bits per heavy atom. The van der Waals surface area contributed by atoms with Gasteiger partial charge in [-0.25, -0.2) is 0 Å². The van der Waals surface area contributed by atoms with E-state index >= 15 is 0 Å². The standard InChI is InChI=1S/C28H27N2/c1-17-12-13-18-8-7-11-22-24(18)23(17)27-26-21(14-15-29(27)5)20-10-6-9-19(16-28(2,3)4)25(20)30(22)26/h6-15H,16H2,1-5H3/q+1. The van der Waals surface area contributed by atoms with E-state index in [-0.39, 0.29) is 5.41 Å². The lowest BCUT2D eigenvalue weighted by Gasteiger charge is -2.19. The molecule has 0 fully saturated rings. The van der Waals surface area contributed by atoms with Crippen LogP contribution in [-0.4, -0.2) is 4.40 Å². The second-order valence-electron chi connectivity index (χ2n) is 10.1. The van der Waals surface area contributed by atoms with Crippen LogP contribution in [0.4, 0.5) is 0 Å². The van der Waals surface area contributed by atoms with Crippen molar-refractivity contribution >= 4 is 49.0 Å². The molecule has 148 valence electrons. The highest BCUT2D eigenvalue weighted by molar-refractivity contribution is 6.25. The van der Waals surface area contributed by atoms with E-state index in [0.717, 1.165) is 6.42 Å². The summed E-state index contributed by atoms with van der Waals surface area (Å²) in [7, 11) is 2.18. The van der Waals surface area contributed by atoms with Crippen LogP contribution in [0, 0.1) is 12.3 Å². The van der Waals surface area contributed by atoms with Crippen molar-refractivity contribution in [2.24, 2.45) is 12.5 Å². The molecule has 0 spiro atoms. The minimum absolute atomic E-state index is 0.230. The van der Waals surface area contributed by atoms with Crippen LogP contribution in [0.25, 0.3) is 49.0 Å². The van der Waals surface area contributed by atoms with E-state index in [9.17, 15) is 0 Å². The number of nitrogens with zero attached hydrogens (tertiary/aromatic N) is 2. The molecule has 0 atom stereocenters. The van der Waals surface area contributed by atoms with Crippen LogP contribution in [0.15, 0.2) is 60.8 Å². The minimum Gasteiger partial charge on any atom is -0.303 e. The van der Waals surface area contributed by atoms with Gasteiger partial charge in [0.05, 0.1) is 16.4 Å². The molecular formula is C28H27N2+. The van der Waals surface area contributed by atoms with E-state index in [1.165, 1.54) is 60.1 Å². The molecular weight excluding hydrogens is 364 g/mol. The van der Waals surface area contributed by atoms with Crippen molar-refractivity contribution in [1.29, 1.82) is 0 Å². The molecule has 3 aromatic carbocycles. The zero-order valence-electron chi connectivity index (χ0n) is 18.4. The largest absolute Gasteiger partial charge is 0.303 e. The highest BCUT2D eigenvalue weighted by Crippen LogP contribution is 2.41. The zero-order chi connectivity index (χ0) is 20.8. The summed E-state index contributed by atoms with van der Waals surface area (Å²) < 4.78 is 4.86. The van der Waals surface area contributed by atoms with Crippen molar-refractivity contribution in [2.45, 2.75) is 34.1 Å². The number of hydrogen-bond donors (Lipinski definition) is 0. The zero-order valence-corrected chi connectivity index (χ0v) is 18.4. The molecule has 0 radical (unpaired) electrons. The predicted molar refractivity (Wildman–Crippen MR) is 128 cm³/mol. The first-order valence-electron chi connectivity index (χ1n) is 10.8. The number of para-hydroxylation sites is 1. The van der Waals surface area contributed by atoms with Gasteiger partial charge in [0.1, 0.15) is 12.6 Å². The summed E-state index contributed by atoms with van der Waals surface area (Å²) in [6.45, 7) is 9.23. The van der Waals surface area contributed by atoms with Gasteiger partial charge in [0, 0.05) is 22.2 Å². The lowest BCUT2D eigenvalue weighted by atomic mass is 9.87. The molecule has 0 saturated carbocycles. The fraction of sp³-hybridized carbons (Fsp3) is 0.250. The van der Waals surface area contributed by atoms with Crippen molar-refractivity contribution < 1.29 is 4.57 Å². The predicted octanol–water partition coefficient (Wildman–Crippen LogP) is 6.71. The molecule has 6 aromatic rings. The van der Waals surface area contributed by atoms with Gasteiger partial charge in [-0.15, -0.1) is 0 Å². The summed E-state index contributed by atoms with van der Waals surface area (Å²) in [6, 6.07) is 20.4. The van der Waals surface area contributed by atoms with E-state index in [2.05, 4.69) is 105 Å². The molecule has 30 heavy (non-hydrogen) atoms. The fourth-order valence-electron chi connectivity index (χ4n) is 5.47. The van der Waals surface area contributed by atoms with Gasteiger partial charge in [-0.2, -0.15) is 4.57 Å². The first kappa shape index (κ1) is 17.7. The van der Waals surface area contributed by atoms with E-state index in [1.54, 1.807) is 0 Å². The average molecular weight is 392 g/mol. The Kier molecular flexibility index (Phi) is 3.38. The second kappa shape index (κ2) is 5.72. The fourth-order valence-corrected chi connectivity index (χ4v) is 5.47. The van der Waals surface area contributed by atoms with Crippen molar-refractivity contribution in [1.82, 2.24) is 4.40 Å². The quantitative estimate of drug-likeness (QED) is 0.167. The Morgan fingerprint density at radius 2 is 1.60 bits per heavy atom. The minimum atomic E-state index is 0.230. The first-order chi connectivity index (χ1) is 14.3. The third kappa shape index (κ3) is 2.22. The summed E-state index contributed by atoms with van der Waals surface area (Å²) in [6.07, 6.45) is 3.28. The van der Waals surface area contributed by atoms with Crippen LogP contribution in [-0.2, 0) is 13.5 Å². The molecule has 0 saturated heterocycles. The smallest absolute Gasteiger partial charge is 0.238 e. The van der Waals surface area contributed by atoms with E-state index in [1.807, 2.05) is 0 Å². The second-order valence-corrected chi connectivity index (χ2v) is 10.1. The summed E-state index contributed by atoms with van der Waals surface area (Å²) >= 11 is 0. The maximum absolute atomic E-state index is 2.55. The van der Waals surface area contributed by atoms with Crippen molar-refractivity contribution in [3.05, 3.63) is 71.9 Å². The lowest BCUT2D eigenvalue weighted by Crippen LogP contribution is -2.29. The van der Waals surface area contributed by atoms with Crippen molar-refractivity contribution in [3.63, 3.8) is 0 Å². The van der Waals surface area contributed by atoms with Crippen LogP contribution in [0.5, 0.6) is 0 Å². The summed E-state index contributed by atoms with van der Waals surface area (Å²) in [5.74, 6) is 0. The first-order valence-corrected chi connectivity index (χ1v) is 10.8. The maximum atomic E-state index is 2.55. The molecule has 0 bridgehead atoms. The molecule has 0 aliphatic rings. The lowest BCUT2D eigenvalue weighted by molar-refractivity contribution is -0.644. The van der Waals surface area contributed by atoms with E-state index in [4.69, 9.17) is 0 Å². The molecule has 0 aliphatic heterocycles. The number of fused-ring (bicyclic) bond motifs is 5. The molecule has 3 aromatic heterocycles. The Labute approximate surface area is 176 Å². The topological polar surface area (TPSA) is 8.29 Å². The van der Waals surface area contributed by atoms with Gasteiger partial charge in [0.25, 0.3) is 0 Å². The van der Waals surface area contributed by atoms with Crippen molar-refractivity contribution in [3.8, 4) is 0 Å². The van der Waals surface area contributed by atoms with Crippen LogP contribution in [0.3, 0.4) is 0 Å². The van der Waals surface area contributed by atoms with E-state index < -0.39 is 0 Å². The number of pyridine rings is 2. The van der Waals surface area contributed by atoms with Crippen molar-refractivity contribution in [2.75, 3.05) is 0 Å². The third-order valence-electron chi connectivity index (χ3n) is 6.58. The molecule has 0 amide bonds. The maximum Gasteiger partial charge on any atom is 0.238 e. The van der Waals surface area contributed by atoms with Gasteiger partial charge in [-0.3, -0.25) is 0 Å². The highest BCUT2D eigenvalue weighted by atomic mass is 15.0. The molecule has 0 aliphatic carbocycles. The molecule has 0 unspecified atom stereocenters. The number of aryl methyl sites for hydroxylation is 2. The number of benzene rings is 3. The molecule has 2 heteroatoms. The summed E-state index contributed by atoms with van der Waals surface area (Å²) in [4.78, 5) is 0. The van der Waals surface area contributed by atoms with Gasteiger partial charge in [0.2, 0.25) is 5.52 Å². The average Bonchev–Trinajstić information content (AvgIpc) is 3.03.